The number of benzene rings is 1. The van der Waals surface area contributed by atoms with Gasteiger partial charge in [-0.25, -0.2) is 4.79 Å². The molecular weight excluding hydrogens is 272 g/mol. The van der Waals surface area contributed by atoms with Crippen molar-refractivity contribution in [3.8, 4) is 5.75 Å². The van der Waals surface area contributed by atoms with Crippen LogP contribution in [-0.4, -0.2) is 41.7 Å². The Labute approximate surface area is 124 Å². The van der Waals surface area contributed by atoms with Crippen LogP contribution in [0.4, 0.5) is 10.5 Å². The minimum Gasteiger partial charge on any atom is -0.495 e. The summed E-state index contributed by atoms with van der Waals surface area (Å²) >= 11 is 0. The molecule has 0 bridgehead atoms. The molecule has 0 saturated heterocycles. The van der Waals surface area contributed by atoms with Crippen LogP contribution < -0.4 is 10.1 Å². The Balaban J connectivity index is 2.70. The van der Waals surface area contributed by atoms with Crippen molar-refractivity contribution in [2.75, 3.05) is 19.0 Å². The largest absolute Gasteiger partial charge is 0.495 e. The summed E-state index contributed by atoms with van der Waals surface area (Å²) in [6.07, 6.45) is 0.470. The maximum absolute atomic E-state index is 12.3. The molecule has 0 unspecified atom stereocenters. The molecule has 0 atom stereocenters. The van der Waals surface area contributed by atoms with Crippen LogP contribution >= 0.6 is 0 Å². The summed E-state index contributed by atoms with van der Waals surface area (Å²) in [6, 6.07) is 6.86. The topological polar surface area (TPSA) is 78.9 Å². The van der Waals surface area contributed by atoms with Gasteiger partial charge in [-0.3, -0.25) is 4.79 Å². The van der Waals surface area contributed by atoms with Crippen molar-refractivity contribution in [2.45, 2.75) is 32.7 Å². The zero-order valence-corrected chi connectivity index (χ0v) is 12.6. The molecule has 2 amide bonds. The highest BCUT2D eigenvalue weighted by atomic mass is 16.5. The summed E-state index contributed by atoms with van der Waals surface area (Å²) in [5.74, 6) is -0.274. The molecule has 0 aliphatic rings. The second-order valence-corrected chi connectivity index (χ2v) is 4.91. The van der Waals surface area contributed by atoms with Gasteiger partial charge >= 0.3 is 12.0 Å². The second-order valence-electron chi connectivity index (χ2n) is 4.91. The number of carboxylic acid groups (broad SMARTS) is 1. The van der Waals surface area contributed by atoms with Gasteiger partial charge in [-0.05, 0) is 32.4 Å². The first kappa shape index (κ1) is 16.8. The number of carbonyl (C=O) groups is 2. The van der Waals surface area contributed by atoms with E-state index in [0.717, 1.165) is 0 Å². The first-order chi connectivity index (χ1) is 9.95. The Hall–Kier alpha value is -2.24. The van der Waals surface area contributed by atoms with E-state index in [2.05, 4.69) is 5.32 Å². The van der Waals surface area contributed by atoms with Crippen LogP contribution in [0.2, 0.25) is 0 Å². The van der Waals surface area contributed by atoms with Gasteiger partial charge in [0.25, 0.3) is 0 Å². The second kappa shape index (κ2) is 8.14. The van der Waals surface area contributed by atoms with E-state index in [1.807, 2.05) is 26.0 Å². The number of carboxylic acids is 1. The molecule has 0 radical (unpaired) electrons. The highest BCUT2D eigenvalue weighted by Gasteiger charge is 2.18. The number of amides is 2. The normalized spacial score (nSPS) is 10.3. The molecule has 0 heterocycles. The van der Waals surface area contributed by atoms with Crippen molar-refractivity contribution in [3.05, 3.63) is 24.3 Å². The van der Waals surface area contributed by atoms with Crippen LogP contribution in [0.1, 0.15) is 26.7 Å². The SMILES string of the molecule is COc1ccccc1NC(=O)N(CCCC(=O)O)C(C)C. The molecule has 116 valence electrons. The van der Waals surface area contributed by atoms with Crippen molar-refractivity contribution in [1.82, 2.24) is 4.90 Å². The van der Waals surface area contributed by atoms with E-state index in [4.69, 9.17) is 9.84 Å². The van der Waals surface area contributed by atoms with Gasteiger partial charge in [-0.15, -0.1) is 0 Å². The molecule has 1 rings (SSSR count). The number of ether oxygens (including phenoxy) is 1. The van der Waals surface area contributed by atoms with Crippen LogP contribution in [0.5, 0.6) is 5.75 Å². The molecule has 0 aliphatic carbocycles. The average Bonchev–Trinajstić information content (AvgIpc) is 2.43. The van der Waals surface area contributed by atoms with E-state index in [1.165, 1.54) is 7.11 Å². The minimum atomic E-state index is -0.858. The number of para-hydroxylation sites is 2. The fourth-order valence-electron chi connectivity index (χ4n) is 1.93. The lowest BCUT2D eigenvalue weighted by molar-refractivity contribution is -0.137. The number of anilines is 1. The molecule has 6 heteroatoms. The molecular formula is C15H22N2O4. The van der Waals surface area contributed by atoms with Crippen molar-refractivity contribution in [1.29, 1.82) is 0 Å². The Morgan fingerprint density at radius 2 is 2.00 bits per heavy atom. The zero-order chi connectivity index (χ0) is 15.8. The van der Waals surface area contributed by atoms with Gasteiger partial charge in [0.15, 0.2) is 0 Å². The Kier molecular flexibility index (Phi) is 6.52. The number of aliphatic carboxylic acids is 1. The highest BCUT2D eigenvalue weighted by molar-refractivity contribution is 5.91. The van der Waals surface area contributed by atoms with Crippen LogP contribution in [0, 0.1) is 0 Å². The molecule has 0 aromatic heterocycles. The van der Waals surface area contributed by atoms with Crippen LogP contribution in [0.25, 0.3) is 0 Å². The lowest BCUT2D eigenvalue weighted by Gasteiger charge is -2.27. The summed E-state index contributed by atoms with van der Waals surface area (Å²) in [5.41, 5.74) is 0.592. The zero-order valence-electron chi connectivity index (χ0n) is 12.6. The van der Waals surface area contributed by atoms with Crippen molar-refractivity contribution < 1.29 is 19.4 Å². The molecule has 2 N–H and O–H groups in total. The van der Waals surface area contributed by atoms with Crippen LogP contribution in [0.15, 0.2) is 24.3 Å². The third-order valence-electron chi connectivity index (χ3n) is 3.02. The highest BCUT2D eigenvalue weighted by Crippen LogP contribution is 2.23. The molecule has 1 aromatic rings. The standard InChI is InChI=1S/C15H22N2O4/c1-11(2)17(10-6-9-14(18)19)15(20)16-12-7-4-5-8-13(12)21-3/h4-5,7-8,11H,6,9-10H2,1-3H3,(H,16,20)(H,18,19). The quantitative estimate of drug-likeness (QED) is 0.810. The predicted molar refractivity (Wildman–Crippen MR) is 80.7 cm³/mol. The first-order valence-corrected chi connectivity index (χ1v) is 6.88. The molecule has 0 fully saturated rings. The molecule has 0 saturated carbocycles. The molecule has 6 nitrogen and oxygen atoms in total. The molecule has 0 spiro atoms. The fourth-order valence-corrected chi connectivity index (χ4v) is 1.93. The van der Waals surface area contributed by atoms with Gasteiger partial charge in [-0.1, -0.05) is 12.1 Å². The van der Waals surface area contributed by atoms with E-state index in [-0.39, 0.29) is 18.5 Å². The number of nitrogens with one attached hydrogen (secondary N) is 1. The number of carbonyl (C=O) groups excluding carboxylic acids is 1. The smallest absolute Gasteiger partial charge is 0.322 e. The number of hydrogen-bond donors (Lipinski definition) is 2. The lowest BCUT2D eigenvalue weighted by Crippen LogP contribution is -2.40. The minimum absolute atomic E-state index is 0.0199. The van der Waals surface area contributed by atoms with Gasteiger partial charge in [0.1, 0.15) is 5.75 Å². The summed E-state index contributed by atoms with van der Waals surface area (Å²) in [6.45, 7) is 4.18. The van der Waals surface area contributed by atoms with E-state index in [9.17, 15) is 9.59 Å². The summed E-state index contributed by atoms with van der Waals surface area (Å²) in [4.78, 5) is 24.5. The Morgan fingerprint density at radius 3 is 2.57 bits per heavy atom. The third kappa shape index (κ3) is 5.33. The number of nitrogens with zero attached hydrogens (tertiary/aromatic N) is 1. The molecule has 0 aliphatic heterocycles. The number of methoxy groups -OCH3 is 1. The average molecular weight is 294 g/mol. The van der Waals surface area contributed by atoms with E-state index >= 15 is 0 Å². The molecule has 1 aromatic carbocycles. The number of hydrogen-bond acceptors (Lipinski definition) is 3. The number of urea groups is 1. The Morgan fingerprint density at radius 1 is 1.33 bits per heavy atom. The summed E-state index contributed by atoms with van der Waals surface area (Å²) in [5, 5.41) is 11.5. The molecule has 21 heavy (non-hydrogen) atoms. The summed E-state index contributed by atoms with van der Waals surface area (Å²) < 4.78 is 5.19. The van der Waals surface area contributed by atoms with Crippen molar-refractivity contribution >= 4 is 17.7 Å². The van der Waals surface area contributed by atoms with Crippen molar-refractivity contribution in [3.63, 3.8) is 0 Å². The third-order valence-corrected chi connectivity index (χ3v) is 3.02. The van der Waals surface area contributed by atoms with Crippen LogP contribution in [-0.2, 0) is 4.79 Å². The van der Waals surface area contributed by atoms with E-state index in [1.54, 1.807) is 17.0 Å². The van der Waals surface area contributed by atoms with Crippen molar-refractivity contribution in [2.24, 2.45) is 0 Å². The Bertz CT molecular complexity index is 488. The van der Waals surface area contributed by atoms with Gasteiger partial charge < -0.3 is 20.1 Å². The predicted octanol–water partition coefficient (Wildman–Crippen LogP) is 2.80. The first-order valence-electron chi connectivity index (χ1n) is 6.88. The maximum atomic E-state index is 12.3. The van der Waals surface area contributed by atoms with E-state index in [0.29, 0.717) is 24.4 Å². The number of rotatable bonds is 7. The van der Waals surface area contributed by atoms with Gasteiger partial charge in [0.2, 0.25) is 0 Å². The lowest BCUT2D eigenvalue weighted by atomic mass is 10.2. The fraction of sp³-hybridized carbons (Fsp3) is 0.467. The van der Waals surface area contributed by atoms with E-state index < -0.39 is 5.97 Å². The van der Waals surface area contributed by atoms with Gasteiger partial charge in [0.05, 0.1) is 12.8 Å². The summed E-state index contributed by atoms with van der Waals surface area (Å²) in [7, 11) is 1.54. The van der Waals surface area contributed by atoms with Gasteiger partial charge in [-0.2, -0.15) is 0 Å². The monoisotopic (exact) mass is 294 g/mol. The van der Waals surface area contributed by atoms with Crippen LogP contribution in [0.3, 0.4) is 0 Å². The van der Waals surface area contributed by atoms with Gasteiger partial charge in [0, 0.05) is 19.0 Å². The maximum Gasteiger partial charge on any atom is 0.322 e.